The Morgan fingerprint density at radius 2 is 1.81 bits per heavy atom. The van der Waals surface area contributed by atoms with Crippen molar-refractivity contribution in [1.82, 2.24) is 15.0 Å². The first kappa shape index (κ1) is 15.5. The zero-order valence-electron chi connectivity index (χ0n) is 12.3. The molecule has 1 heterocycles. The fraction of sp³-hybridized carbons (Fsp3) is 0.357. The molecule has 0 fully saturated rings. The molecule has 0 aliphatic carbocycles. The van der Waals surface area contributed by atoms with Crippen molar-refractivity contribution in [2.75, 3.05) is 23.4 Å². The van der Waals surface area contributed by atoms with E-state index in [1.165, 1.54) is 5.56 Å². The second kappa shape index (κ2) is 7.80. The highest BCUT2D eigenvalue weighted by atomic mass is 32.2. The number of nitrogens with zero attached hydrogens (tertiary/aromatic N) is 4. The van der Waals surface area contributed by atoms with E-state index in [4.69, 9.17) is 5.84 Å². The lowest BCUT2D eigenvalue weighted by Gasteiger charge is -2.19. The number of hydrogen-bond acceptors (Lipinski definition) is 7. The van der Waals surface area contributed by atoms with Crippen LogP contribution in [-0.2, 0) is 5.75 Å². The molecule has 0 aliphatic rings. The lowest BCUT2D eigenvalue weighted by Crippen LogP contribution is -2.25. The van der Waals surface area contributed by atoms with Gasteiger partial charge in [-0.05, 0) is 19.4 Å². The molecule has 0 amide bonds. The van der Waals surface area contributed by atoms with Gasteiger partial charge in [-0.2, -0.15) is 15.0 Å². The van der Waals surface area contributed by atoms with Gasteiger partial charge < -0.3 is 4.90 Å². The minimum atomic E-state index is 0.391. The van der Waals surface area contributed by atoms with E-state index in [1.807, 2.05) is 18.2 Å². The van der Waals surface area contributed by atoms with Crippen molar-refractivity contribution in [2.24, 2.45) is 5.84 Å². The van der Waals surface area contributed by atoms with Crippen molar-refractivity contribution in [3.63, 3.8) is 0 Å². The Balaban J connectivity index is 2.16. The van der Waals surface area contributed by atoms with Crippen molar-refractivity contribution < 1.29 is 0 Å². The number of hydrogen-bond donors (Lipinski definition) is 2. The zero-order valence-corrected chi connectivity index (χ0v) is 13.1. The Kier molecular flexibility index (Phi) is 5.77. The van der Waals surface area contributed by atoms with Crippen molar-refractivity contribution in [3.05, 3.63) is 35.9 Å². The molecule has 2 rings (SSSR count). The molecule has 0 radical (unpaired) electrons. The third-order valence-corrected chi connectivity index (χ3v) is 3.91. The van der Waals surface area contributed by atoms with Crippen LogP contribution in [0.15, 0.2) is 35.5 Å². The van der Waals surface area contributed by atoms with Crippen LogP contribution < -0.4 is 16.2 Å². The van der Waals surface area contributed by atoms with Crippen molar-refractivity contribution >= 4 is 23.7 Å². The SMILES string of the molecule is CCN(CC)c1nc(NN)nc(SCc2ccccc2)n1. The summed E-state index contributed by atoms with van der Waals surface area (Å²) >= 11 is 1.57. The van der Waals surface area contributed by atoms with Gasteiger partial charge in [0.25, 0.3) is 0 Å². The number of nitrogen functional groups attached to an aromatic ring is 1. The molecule has 0 aliphatic heterocycles. The second-order valence-electron chi connectivity index (χ2n) is 4.33. The van der Waals surface area contributed by atoms with Gasteiger partial charge in [0.2, 0.25) is 11.9 Å². The minimum absolute atomic E-state index is 0.391. The molecule has 0 unspecified atom stereocenters. The number of thioether (sulfide) groups is 1. The van der Waals surface area contributed by atoms with Crippen LogP contribution in [0.25, 0.3) is 0 Å². The van der Waals surface area contributed by atoms with Gasteiger partial charge in [-0.3, -0.25) is 5.43 Å². The summed E-state index contributed by atoms with van der Waals surface area (Å²) in [5.74, 6) is 7.30. The Labute approximate surface area is 129 Å². The van der Waals surface area contributed by atoms with Crippen molar-refractivity contribution in [1.29, 1.82) is 0 Å². The molecule has 0 saturated heterocycles. The minimum Gasteiger partial charge on any atom is -0.341 e. The first-order valence-electron chi connectivity index (χ1n) is 6.91. The molecule has 112 valence electrons. The van der Waals surface area contributed by atoms with Gasteiger partial charge >= 0.3 is 0 Å². The molecule has 2 aromatic rings. The normalized spacial score (nSPS) is 10.4. The molecule has 0 bridgehead atoms. The number of benzene rings is 1. The third-order valence-electron chi connectivity index (χ3n) is 2.99. The van der Waals surface area contributed by atoms with Gasteiger partial charge in [0.1, 0.15) is 0 Å². The first-order valence-corrected chi connectivity index (χ1v) is 7.89. The van der Waals surface area contributed by atoms with Gasteiger partial charge in [-0.1, -0.05) is 42.1 Å². The zero-order chi connectivity index (χ0) is 15.1. The topological polar surface area (TPSA) is 80.0 Å². The Bertz CT molecular complexity index is 559. The first-order chi connectivity index (χ1) is 10.3. The molecular formula is C14H20N6S. The van der Waals surface area contributed by atoms with Crippen LogP contribution in [0.5, 0.6) is 0 Å². The number of nitrogens with two attached hydrogens (primary N) is 1. The molecule has 1 aromatic carbocycles. The highest BCUT2D eigenvalue weighted by molar-refractivity contribution is 7.98. The van der Waals surface area contributed by atoms with E-state index in [-0.39, 0.29) is 0 Å². The van der Waals surface area contributed by atoms with E-state index in [0.29, 0.717) is 17.1 Å². The fourth-order valence-electron chi connectivity index (χ4n) is 1.84. The van der Waals surface area contributed by atoms with Crippen LogP contribution >= 0.6 is 11.8 Å². The Hall–Kier alpha value is -1.86. The number of nitrogens with one attached hydrogen (secondary N) is 1. The van der Waals surface area contributed by atoms with E-state index in [9.17, 15) is 0 Å². The van der Waals surface area contributed by atoms with E-state index < -0.39 is 0 Å². The average Bonchev–Trinajstić information content (AvgIpc) is 2.55. The predicted octanol–water partition coefficient (Wildman–Crippen LogP) is 2.30. The smallest absolute Gasteiger partial charge is 0.242 e. The van der Waals surface area contributed by atoms with Crippen LogP contribution in [0.2, 0.25) is 0 Å². The lowest BCUT2D eigenvalue weighted by molar-refractivity contribution is 0.783. The molecule has 0 saturated carbocycles. The van der Waals surface area contributed by atoms with E-state index in [0.717, 1.165) is 18.8 Å². The van der Waals surface area contributed by atoms with E-state index >= 15 is 0 Å². The quantitative estimate of drug-likeness (QED) is 0.461. The molecule has 1 aromatic heterocycles. The van der Waals surface area contributed by atoms with Gasteiger partial charge in [0.15, 0.2) is 5.16 Å². The molecular weight excluding hydrogens is 284 g/mol. The van der Waals surface area contributed by atoms with E-state index in [2.05, 4.69) is 51.3 Å². The number of anilines is 2. The fourth-order valence-corrected chi connectivity index (χ4v) is 2.63. The summed E-state index contributed by atoms with van der Waals surface area (Å²) in [5.41, 5.74) is 3.74. The summed E-state index contributed by atoms with van der Waals surface area (Å²) in [7, 11) is 0. The summed E-state index contributed by atoms with van der Waals surface area (Å²) in [4.78, 5) is 15.2. The Morgan fingerprint density at radius 3 is 2.43 bits per heavy atom. The maximum atomic E-state index is 5.45. The predicted molar refractivity (Wildman–Crippen MR) is 87.2 cm³/mol. The number of aromatic nitrogens is 3. The van der Waals surface area contributed by atoms with Crippen molar-refractivity contribution in [2.45, 2.75) is 24.8 Å². The monoisotopic (exact) mass is 304 g/mol. The maximum Gasteiger partial charge on any atom is 0.242 e. The van der Waals surface area contributed by atoms with Crippen LogP contribution in [-0.4, -0.2) is 28.0 Å². The summed E-state index contributed by atoms with van der Waals surface area (Å²) in [6, 6.07) is 10.2. The van der Waals surface area contributed by atoms with Gasteiger partial charge in [-0.15, -0.1) is 0 Å². The largest absolute Gasteiger partial charge is 0.341 e. The van der Waals surface area contributed by atoms with Crippen LogP contribution in [0.3, 0.4) is 0 Å². The summed E-state index contributed by atoms with van der Waals surface area (Å²) in [6.45, 7) is 5.82. The van der Waals surface area contributed by atoms with Gasteiger partial charge in [-0.25, -0.2) is 5.84 Å². The summed E-state index contributed by atoms with van der Waals surface area (Å²) in [6.07, 6.45) is 0. The molecule has 3 N–H and O–H groups in total. The second-order valence-corrected chi connectivity index (χ2v) is 5.27. The summed E-state index contributed by atoms with van der Waals surface area (Å²) < 4.78 is 0. The molecule has 7 heteroatoms. The lowest BCUT2D eigenvalue weighted by atomic mass is 10.2. The Morgan fingerprint density at radius 1 is 1.10 bits per heavy atom. The maximum absolute atomic E-state index is 5.45. The standard InChI is InChI=1S/C14H20N6S/c1-3-20(4-2)13-16-12(19-15)17-14(18-13)21-10-11-8-6-5-7-9-11/h5-9H,3-4,10,15H2,1-2H3,(H,16,17,18,19). The average molecular weight is 304 g/mol. The number of hydrazine groups is 1. The van der Waals surface area contributed by atoms with E-state index in [1.54, 1.807) is 11.8 Å². The highest BCUT2D eigenvalue weighted by Gasteiger charge is 2.11. The molecule has 0 atom stereocenters. The van der Waals surface area contributed by atoms with Crippen LogP contribution in [0.1, 0.15) is 19.4 Å². The van der Waals surface area contributed by atoms with Gasteiger partial charge in [0, 0.05) is 18.8 Å². The molecule has 6 nitrogen and oxygen atoms in total. The van der Waals surface area contributed by atoms with Crippen LogP contribution in [0.4, 0.5) is 11.9 Å². The third kappa shape index (κ3) is 4.30. The molecule has 21 heavy (non-hydrogen) atoms. The summed E-state index contributed by atoms with van der Waals surface area (Å²) in [5, 5.41) is 0.670. The van der Waals surface area contributed by atoms with Crippen molar-refractivity contribution in [3.8, 4) is 0 Å². The van der Waals surface area contributed by atoms with Gasteiger partial charge in [0.05, 0.1) is 0 Å². The highest BCUT2D eigenvalue weighted by Crippen LogP contribution is 2.22. The number of rotatable bonds is 7. The van der Waals surface area contributed by atoms with Crippen LogP contribution in [0, 0.1) is 0 Å². The molecule has 0 spiro atoms.